The van der Waals surface area contributed by atoms with Crippen LogP contribution in [-0.4, -0.2) is 23.8 Å². The molecule has 3 aromatic rings. The van der Waals surface area contributed by atoms with E-state index in [1.807, 2.05) is 49.4 Å². The number of fused-ring (bicyclic) bond motifs is 2. The SMILES string of the molecule is Cc1ccc2cccnc2c1C(=O)Nc1ccc2c(c1)CCC(=O)N2C. The van der Waals surface area contributed by atoms with Crippen LogP contribution in [0.2, 0.25) is 0 Å². The first kappa shape index (κ1) is 16.3. The summed E-state index contributed by atoms with van der Waals surface area (Å²) in [6, 6.07) is 13.4. The van der Waals surface area contributed by atoms with E-state index in [2.05, 4.69) is 10.3 Å². The molecule has 0 bridgehead atoms. The Labute approximate surface area is 151 Å². The number of benzene rings is 2. The van der Waals surface area contributed by atoms with Gasteiger partial charge in [-0.05, 0) is 48.7 Å². The van der Waals surface area contributed by atoms with Gasteiger partial charge in [0.05, 0.1) is 11.1 Å². The molecule has 0 saturated carbocycles. The van der Waals surface area contributed by atoms with Crippen LogP contribution in [0, 0.1) is 6.92 Å². The van der Waals surface area contributed by atoms with Gasteiger partial charge in [0.2, 0.25) is 5.91 Å². The Morgan fingerprint density at radius 3 is 2.85 bits per heavy atom. The predicted molar refractivity (Wildman–Crippen MR) is 103 cm³/mol. The van der Waals surface area contributed by atoms with Crippen LogP contribution in [0.15, 0.2) is 48.7 Å². The van der Waals surface area contributed by atoms with Gasteiger partial charge in [0, 0.05) is 36.4 Å². The molecule has 26 heavy (non-hydrogen) atoms. The molecule has 0 radical (unpaired) electrons. The molecule has 0 unspecified atom stereocenters. The summed E-state index contributed by atoms with van der Waals surface area (Å²) < 4.78 is 0. The van der Waals surface area contributed by atoms with E-state index >= 15 is 0 Å². The minimum Gasteiger partial charge on any atom is -0.322 e. The molecule has 1 N–H and O–H groups in total. The van der Waals surface area contributed by atoms with Crippen molar-refractivity contribution < 1.29 is 9.59 Å². The zero-order valence-corrected chi connectivity index (χ0v) is 14.7. The molecule has 2 aromatic carbocycles. The summed E-state index contributed by atoms with van der Waals surface area (Å²) in [5, 5.41) is 3.92. The quantitative estimate of drug-likeness (QED) is 0.770. The third-order valence-electron chi connectivity index (χ3n) is 4.89. The average molecular weight is 345 g/mol. The number of carbonyl (C=O) groups excluding carboxylic acids is 2. The monoisotopic (exact) mass is 345 g/mol. The molecular formula is C21H19N3O2. The van der Waals surface area contributed by atoms with Crippen molar-refractivity contribution >= 4 is 34.1 Å². The van der Waals surface area contributed by atoms with Gasteiger partial charge in [-0.3, -0.25) is 14.6 Å². The molecule has 1 aliphatic rings. The largest absolute Gasteiger partial charge is 0.322 e. The molecule has 0 spiro atoms. The maximum atomic E-state index is 12.9. The Morgan fingerprint density at radius 1 is 1.15 bits per heavy atom. The first-order valence-electron chi connectivity index (χ1n) is 8.60. The number of nitrogens with one attached hydrogen (secondary N) is 1. The highest BCUT2D eigenvalue weighted by Crippen LogP contribution is 2.30. The number of pyridine rings is 1. The van der Waals surface area contributed by atoms with Crippen LogP contribution in [0.5, 0.6) is 0 Å². The molecule has 1 aromatic heterocycles. The smallest absolute Gasteiger partial charge is 0.258 e. The number of amides is 2. The van der Waals surface area contributed by atoms with Crippen molar-refractivity contribution in [2.45, 2.75) is 19.8 Å². The van der Waals surface area contributed by atoms with Gasteiger partial charge in [-0.15, -0.1) is 0 Å². The Kier molecular flexibility index (Phi) is 3.92. The highest BCUT2D eigenvalue weighted by molar-refractivity contribution is 6.13. The van der Waals surface area contributed by atoms with E-state index < -0.39 is 0 Å². The van der Waals surface area contributed by atoms with Gasteiger partial charge in [0.25, 0.3) is 5.91 Å². The molecule has 5 heteroatoms. The summed E-state index contributed by atoms with van der Waals surface area (Å²) in [5.74, 6) is -0.0567. The maximum absolute atomic E-state index is 12.9. The molecule has 5 nitrogen and oxygen atoms in total. The molecule has 2 heterocycles. The number of hydrogen-bond acceptors (Lipinski definition) is 3. The molecule has 4 rings (SSSR count). The molecule has 0 fully saturated rings. The summed E-state index contributed by atoms with van der Waals surface area (Å²) in [4.78, 5) is 30.8. The molecule has 130 valence electrons. The van der Waals surface area contributed by atoms with E-state index in [4.69, 9.17) is 0 Å². The summed E-state index contributed by atoms with van der Waals surface area (Å²) in [6.07, 6.45) is 2.88. The number of aryl methyl sites for hydroxylation is 2. The van der Waals surface area contributed by atoms with Crippen molar-refractivity contribution in [2.24, 2.45) is 0 Å². The van der Waals surface area contributed by atoms with Gasteiger partial charge in [-0.2, -0.15) is 0 Å². The molecule has 0 saturated heterocycles. The first-order chi connectivity index (χ1) is 12.5. The van der Waals surface area contributed by atoms with Crippen LogP contribution in [-0.2, 0) is 11.2 Å². The summed E-state index contributed by atoms with van der Waals surface area (Å²) in [7, 11) is 1.78. The third kappa shape index (κ3) is 2.71. The number of carbonyl (C=O) groups is 2. The normalized spacial score (nSPS) is 13.6. The van der Waals surface area contributed by atoms with Gasteiger partial charge in [-0.25, -0.2) is 0 Å². The van der Waals surface area contributed by atoms with E-state index in [1.54, 1.807) is 18.1 Å². The Morgan fingerprint density at radius 2 is 2.00 bits per heavy atom. The predicted octanol–water partition coefficient (Wildman–Crippen LogP) is 3.70. The minimum atomic E-state index is -0.174. The fourth-order valence-electron chi connectivity index (χ4n) is 3.46. The van der Waals surface area contributed by atoms with Crippen LogP contribution in [0.3, 0.4) is 0 Å². The third-order valence-corrected chi connectivity index (χ3v) is 4.89. The number of anilines is 2. The second-order valence-electron chi connectivity index (χ2n) is 6.58. The van der Waals surface area contributed by atoms with Gasteiger partial charge in [0.1, 0.15) is 0 Å². The van der Waals surface area contributed by atoms with Gasteiger partial charge in [0.15, 0.2) is 0 Å². The zero-order valence-electron chi connectivity index (χ0n) is 14.7. The lowest BCUT2D eigenvalue weighted by molar-refractivity contribution is -0.118. The van der Waals surface area contributed by atoms with Crippen molar-refractivity contribution in [3.8, 4) is 0 Å². The number of hydrogen-bond donors (Lipinski definition) is 1. The highest BCUT2D eigenvalue weighted by Gasteiger charge is 2.21. The number of nitrogens with zero attached hydrogens (tertiary/aromatic N) is 2. The average Bonchev–Trinajstić information content (AvgIpc) is 2.64. The Hall–Kier alpha value is -3.21. The van der Waals surface area contributed by atoms with Crippen molar-refractivity contribution in [3.05, 3.63) is 65.4 Å². The zero-order chi connectivity index (χ0) is 18.3. The molecule has 1 aliphatic heterocycles. The Balaban J connectivity index is 1.68. The van der Waals surface area contributed by atoms with Gasteiger partial charge >= 0.3 is 0 Å². The van der Waals surface area contributed by atoms with E-state index in [0.29, 0.717) is 23.9 Å². The van der Waals surface area contributed by atoms with E-state index in [-0.39, 0.29) is 11.8 Å². The standard InChI is InChI=1S/C21H19N3O2/c1-13-5-6-14-4-3-11-22-20(14)19(13)21(26)23-16-8-9-17-15(12-16)7-10-18(25)24(17)2/h3-6,8-9,11-12H,7,10H2,1-2H3,(H,23,26). The van der Waals surface area contributed by atoms with Crippen LogP contribution in [0.1, 0.15) is 27.9 Å². The van der Waals surface area contributed by atoms with Crippen LogP contribution < -0.4 is 10.2 Å². The van der Waals surface area contributed by atoms with Crippen LogP contribution in [0.25, 0.3) is 10.9 Å². The second kappa shape index (κ2) is 6.26. The summed E-state index contributed by atoms with van der Waals surface area (Å²) in [5.41, 5.74) is 4.88. The fraction of sp³-hybridized carbons (Fsp3) is 0.190. The lowest BCUT2D eigenvalue weighted by atomic mass is 10.0. The molecule has 0 aliphatic carbocycles. The lowest BCUT2D eigenvalue weighted by Gasteiger charge is -2.26. The fourth-order valence-corrected chi connectivity index (χ4v) is 3.46. The van der Waals surface area contributed by atoms with E-state index in [9.17, 15) is 9.59 Å². The maximum Gasteiger partial charge on any atom is 0.258 e. The highest BCUT2D eigenvalue weighted by atomic mass is 16.2. The molecular weight excluding hydrogens is 326 g/mol. The minimum absolute atomic E-state index is 0.117. The lowest BCUT2D eigenvalue weighted by Crippen LogP contribution is -2.31. The van der Waals surface area contributed by atoms with Crippen molar-refractivity contribution in [3.63, 3.8) is 0 Å². The van der Waals surface area contributed by atoms with Crippen molar-refractivity contribution in [1.29, 1.82) is 0 Å². The van der Waals surface area contributed by atoms with Gasteiger partial charge < -0.3 is 10.2 Å². The second-order valence-corrected chi connectivity index (χ2v) is 6.58. The molecule has 2 amide bonds. The van der Waals surface area contributed by atoms with Crippen molar-refractivity contribution in [2.75, 3.05) is 17.3 Å². The van der Waals surface area contributed by atoms with E-state index in [1.165, 1.54) is 0 Å². The topological polar surface area (TPSA) is 62.3 Å². The summed E-state index contributed by atoms with van der Waals surface area (Å²) in [6.45, 7) is 1.91. The first-order valence-corrected chi connectivity index (χ1v) is 8.60. The number of aromatic nitrogens is 1. The number of rotatable bonds is 2. The van der Waals surface area contributed by atoms with Crippen LogP contribution in [0.4, 0.5) is 11.4 Å². The molecule has 0 atom stereocenters. The van der Waals surface area contributed by atoms with E-state index in [0.717, 1.165) is 27.9 Å². The Bertz CT molecular complexity index is 1040. The van der Waals surface area contributed by atoms with Gasteiger partial charge in [-0.1, -0.05) is 18.2 Å². The summed E-state index contributed by atoms with van der Waals surface area (Å²) >= 11 is 0. The van der Waals surface area contributed by atoms with Crippen molar-refractivity contribution in [1.82, 2.24) is 4.98 Å². The van der Waals surface area contributed by atoms with Crippen LogP contribution >= 0.6 is 0 Å².